The van der Waals surface area contributed by atoms with E-state index in [9.17, 15) is 9.59 Å². The second-order valence-corrected chi connectivity index (χ2v) is 2.65. The van der Waals surface area contributed by atoms with E-state index in [4.69, 9.17) is 11.5 Å². The van der Waals surface area contributed by atoms with Crippen LogP contribution in [0.5, 0.6) is 0 Å². The molecule has 0 rings (SSSR count). The van der Waals surface area contributed by atoms with Gasteiger partial charge in [0.1, 0.15) is 0 Å². The summed E-state index contributed by atoms with van der Waals surface area (Å²) in [7, 11) is 0. The molecule has 1 atom stereocenters. The molecule has 0 saturated carbocycles. The number of hydrogen-bond acceptors (Lipinski definition) is 3. The van der Waals surface area contributed by atoms with Gasteiger partial charge in [0, 0.05) is 13.0 Å². The summed E-state index contributed by atoms with van der Waals surface area (Å²) in [6.07, 6.45) is 0.854. The molecule has 0 saturated heterocycles. The summed E-state index contributed by atoms with van der Waals surface area (Å²) in [5.74, 6) is -0.565. The van der Waals surface area contributed by atoms with Crippen LogP contribution in [0.1, 0.15) is 19.8 Å². The lowest BCUT2D eigenvalue weighted by molar-refractivity contribution is -0.122. The van der Waals surface area contributed by atoms with Crippen LogP contribution in [0.2, 0.25) is 0 Å². The molecule has 0 aromatic heterocycles. The van der Waals surface area contributed by atoms with Crippen LogP contribution in [0, 0.1) is 0 Å². The van der Waals surface area contributed by atoms with Gasteiger partial charge in [-0.15, -0.1) is 0 Å². The van der Waals surface area contributed by atoms with Gasteiger partial charge in [-0.2, -0.15) is 0 Å². The molecule has 70 valence electrons. The predicted molar refractivity (Wildman–Crippen MR) is 45.1 cm³/mol. The second-order valence-electron chi connectivity index (χ2n) is 2.65. The van der Waals surface area contributed by atoms with Gasteiger partial charge in [0.15, 0.2) is 0 Å². The van der Waals surface area contributed by atoms with E-state index in [1.54, 1.807) is 6.92 Å². The maximum atomic E-state index is 10.8. The van der Waals surface area contributed by atoms with Gasteiger partial charge in [0.05, 0.1) is 6.04 Å². The highest BCUT2D eigenvalue weighted by Crippen LogP contribution is 1.84. The summed E-state index contributed by atoms with van der Waals surface area (Å²) in [6, 6.07) is -0.501. The number of nitrogens with two attached hydrogens (primary N) is 2. The summed E-state index contributed by atoms with van der Waals surface area (Å²) in [5, 5.41) is 2.57. The molecule has 0 aliphatic heterocycles. The van der Waals surface area contributed by atoms with E-state index in [1.165, 1.54) is 0 Å². The van der Waals surface area contributed by atoms with Crippen LogP contribution in [-0.2, 0) is 9.59 Å². The van der Waals surface area contributed by atoms with Gasteiger partial charge < -0.3 is 16.8 Å². The van der Waals surface area contributed by atoms with E-state index in [0.29, 0.717) is 19.4 Å². The molecule has 12 heavy (non-hydrogen) atoms. The molecule has 0 aliphatic rings. The van der Waals surface area contributed by atoms with Crippen molar-refractivity contribution in [2.24, 2.45) is 11.5 Å². The quantitative estimate of drug-likeness (QED) is 0.451. The minimum Gasteiger partial charge on any atom is -0.370 e. The molecular weight excluding hydrogens is 158 g/mol. The number of amides is 2. The topological polar surface area (TPSA) is 98.2 Å². The number of primary amides is 1. The number of carbonyl (C=O) groups excluding carboxylic acids is 2. The van der Waals surface area contributed by atoms with Gasteiger partial charge in [-0.25, -0.2) is 0 Å². The molecule has 0 bridgehead atoms. The van der Waals surface area contributed by atoms with Crippen molar-refractivity contribution in [1.82, 2.24) is 5.32 Å². The SMILES string of the molecule is C[C@@H](N)C(=O)NCCCC(N)=O. The van der Waals surface area contributed by atoms with Crippen LogP contribution < -0.4 is 16.8 Å². The summed E-state index contributed by atoms with van der Waals surface area (Å²) in [4.78, 5) is 21.1. The van der Waals surface area contributed by atoms with Gasteiger partial charge in [0.2, 0.25) is 11.8 Å². The van der Waals surface area contributed by atoms with E-state index in [1.807, 2.05) is 0 Å². The molecule has 5 N–H and O–H groups in total. The monoisotopic (exact) mass is 173 g/mol. The maximum absolute atomic E-state index is 10.8. The van der Waals surface area contributed by atoms with E-state index < -0.39 is 6.04 Å². The molecule has 0 unspecified atom stereocenters. The van der Waals surface area contributed by atoms with Crippen molar-refractivity contribution < 1.29 is 9.59 Å². The zero-order valence-corrected chi connectivity index (χ0v) is 7.17. The number of carbonyl (C=O) groups is 2. The van der Waals surface area contributed by atoms with Crippen LogP contribution in [0.25, 0.3) is 0 Å². The Labute approximate surface area is 71.5 Å². The fourth-order valence-electron chi connectivity index (χ4n) is 0.635. The molecule has 0 fully saturated rings. The summed E-state index contributed by atoms with van der Waals surface area (Å²) in [5.41, 5.74) is 10.2. The van der Waals surface area contributed by atoms with Crippen LogP contribution in [0.4, 0.5) is 0 Å². The Morgan fingerprint density at radius 1 is 1.50 bits per heavy atom. The number of nitrogens with one attached hydrogen (secondary N) is 1. The molecule has 5 nitrogen and oxygen atoms in total. The molecule has 0 spiro atoms. The minimum absolute atomic E-state index is 0.209. The summed E-state index contributed by atoms with van der Waals surface area (Å²) >= 11 is 0. The Bertz CT molecular complexity index is 168. The zero-order valence-electron chi connectivity index (χ0n) is 7.17. The van der Waals surface area contributed by atoms with E-state index in [2.05, 4.69) is 5.32 Å². The molecule has 0 aliphatic carbocycles. The van der Waals surface area contributed by atoms with Crippen molar-refractivity contribution in [2.75, 3.05) is 6.54 Å². The first kappa shape index (κ1) is 10.9. The largest absolute Gasteiger partial charge is 0.370 e. The van der Waals surface area contributed by atoms with E-state index >= 15 is 0 Å². The fraction of sp³-hybridized carbons (Fsp3) is 0.714. The van der Waals surface area contributed by atoms with E-state index in [0.717, 1.165) is 0 Å². The highest BCUT2D eigenvalue weighted by atomic mass is 16.2. The normalized spacial score (nSPS) is 12.2. The van der Waals surface area contributed by atoms with Crippen LogP contribution in [0.3, 0.4) is 0 Å². The first-order valence-electron chi connectivity index (χ1n) is 3.85. The molecule has 2 amide bonds. The smallest absolute Gasteiger partial charge is 0.236 e. The van der Waals surface area contributed by atoms with Gasteiger partial charge >= 0.3 is 0 Å². The van der Waals surface area contributed by atoms with Crippen molar-refractivity contribution in [2.45, 2.75) is 25.8 Å². The zero-order chi connectivity index (χ0) is 9.56. The summed E-state index contributed by atoms with van der Waals surface area (Å²) in [6.45, 7) is 2.05. The Morgan fingerprint density at radius 2 is 2.08 bits per heavy atom. The Kier molecular flexibility index (Phi) is 5.03. The highest BCUT2D eigenvalue weighted by molar-refractivity contribution is 5.81. The molecule has 5 heteroatoms. The Balaban J connectivity index is 3.32. The fourth-order valence-corrected chi connectivity index (χ4v) is 0.635. The molecule has 0 aromatic carbocycles. The van der Waals surface area contributed by atoms with Crippen molar-refractivity contribution in [1.29, 1.82) is 0 Å². The van der Waals surface area contributed by atoms with Crippen molar-refractivity contribution in [3.63, 3.8) is 0 Å². The first-order chi connectivity index (χ1) is 5.54. The van der Waals surface area contributed by atoms with Gasteiger partial charge in [-0.05, 0) is 13.3 Å². The second kappa shape index (κ2) is 5.54. The lowest BCUT2D eigenvalue weighted by Gasteiger charge is -2.05. The van der Waals surface area contributed by atoms with Crippen molar-refractivity contribution >= 4 is 11.8 Å². The average Bonchev–Trinajstić information content (AvgIpc) is 1.97. The van der Waals surface area contributed by atoms with Crippen molar-refractivity contribution in [3.8, 4) is 0 Å². The first-order valence-corrected chi connectivity index (χ1v) is 3.85. The third kappa shape index (κ3) is 5.67. The third-order valence-electron chi connectivity index (χ3n) is 1.31. The van der Waals surface area contributed by atoms with Crippen LogP contribution in [-0.4, -0.2) is 24.4 Å². The summed E-state index contributed by atoms with van der Waals surface area (Å²) < 4.78 is 0. The lowest BCUT2D eigenvalue weighted by Crippen LogP contribution is -2.38. The van der Waals surface area contributed by atoms with E-state index in [-0.39, 0.29) is 11.8 Å². The maximum Gasteiger partial charge on any atom is 0.236 e. The van der Waals surface area contributed by atoms with Gasteiger partial charge in [0.25, 0.3) is 0 Å². The lowest BCUT2D eigenvalue weighted by atomic mass is 10.3. The number of hydrogen-bond donors (Lipinski definition) is 3. The molecule has 0 heterocycles. The highest BCUT2D eigenvalue weighted by Gasteiger charge is 2.05. The Hall–Kier alpha value is -1.10. The van der Waals surface area contributed by atoms with Gasteiger partial charge in [-0.1, -0.05) is 0 Å². The van der Waals surface area contributed by atoms with Gasteiger partial charge in [-0.3, -0.25) is 9.59 Å². The Morgan fingerprint density at radius 3 is 2.50 bits per heavy atom. The van der Waals surface area contributed by atoms with Crippen LogP contribution in [0.15, 0.2) is 0 Å². The predicted octanol–water partition coefficient (Wildman–Crippen LogP) is -1.28. The minimum atomic E-state index is -0.501. The van der Waals surface area contributed by atoms with Crippen molar-refractivity contribution in [3.05, 3.63) is 0 Å². The standard InChI is InChI=1S/C7H15N3O2/c1-5(8)7(12)10-4-2-3-6(9)11/h5H,2-4,8H2,1H3,(H2,9,11)(H,10,12)/t5-/m1/s1. The molecule has 0 radical (unpaired) electrons. The molecule has 0 aromatic rings. The molecular formula is C7H15N3O2. The number of rotatable bonds is 5. The average molecular weight is 173 g/mol. The third-order valence-corrected chi connectivity index (χ3v) is 1.31. The van der Waals surface area contributed by atoms with Crippen LogP contribution >= 0.6 is 0 Å².